The fourth-order valence-electron chi connectivity index (χ4n) is 2.32. The molecule has 0 saturated heterocycles. The van der Waals surface area contributed by atoms with Crippen LogP contribution in [0.25, 0.3) is 0 Å². The van der Waals surface area contributed by atoms with Gasteiger partial charge in [-0.3, -0.25) is 4.90 Å². The minimum absolute atomic E-state index is 0.523. The molecule has 0 fully saturated rings. The lowest BCUT2D eigenvalue weighted by atomic mass is 9.98. The lowest BCUT2D eigenvalue weighted by Crippen LogP contribution is -2.48. The topological polar surface area (TPSA) is 53.7 Å². The van der Waals surface area contributed by atoms with Gasteiger partial charge in [-0.25, -0.2) is 4.79 Å². The Bertz CT molecular complexity index is 594. The van der Waals surface area contributed by atoms with Crippen molar-refractivity contribution in [2.45, 2.75) is 33.2 Å². The molecular formula is C16H19NO3. The zero-order valence-electron chi connectivity index (χ0n) is 12.2. The molecule has 106 valence electrons. The quantitative estimate of drug-likeness (QED) is 0.918. The van der Waals surface area contributed by atoms with Gasteiger partial charge in [0, 0.05) is 6.07 Å². The number of aryl methyl sites for hydroxylation is 2. The monoisotopic (exact) mass is 273 g/mol. The molecule has 20 heavy (non-hydrogen) atoms. The number of carboxylic acid groups (broad SMARTS) is 1. The summed E-state index contributed by atoms with van der Waals surface area (Å²) in [6.45, 7) is 7.28. The highest BCUT2D eigenvalue weighted by Gasteiger charge is 2.38. The molecule has 4 nitrogen and oxygen atoms in total. The first-order chi connectivity index (χ1) is 9.35. The lowest BCUT2D eigenvalue weighted by Gasteiger charge is -2.36. The van der Waals surface area contributed by atoms with Crippen molar-refractivity contribution in [3.63, 3.8) is 0 Å². The number of aliphatic carboxylic acids is 1. The first kappa shape index (κ1) is 14.2. The number of furan rings is 1. The van der Waals surface area contributed by atoms with Gasteiger partial charge in [-0.1, -0.05) is 18.2 Å². The average Bonchev–Trinajstić information content (AvgIpc) is 2.86. The van der Waals surface area contributed by atoms with Crippen molar-refractivity contribution >= 4 is 17.5 Å². The van der Waals surface area contributed by atoms with E-state index in [0.717, 1.165) is 16.8 Å². The van der Waals surface area contributed by atoms with E-state index in [1.165, 1.54) is 0 Å². The molecule has 0 aliphatic heterocycles. The van der Waals surface area contributed by atoms with Crippen LogP contribution < -0.4 is 4.90 Å². The third-order valence-electron chi connectivity index (χ3n) is 3.47. The Kier molecular flexibility index (Phi) is 3.57. The number of anilines is 2. The van der Waals surface area contributed by atoms with Gasteiger partial charge in [0.15, 0.2) is 0 Å². The van der Waals surface area contributed by atoms with Crippen LogP contribution >= 0.6 is 0 Å². The van der Waals surface area contributed by atoms with Crippen LogP contribution in [0, 0.1) is 13.8 Å². The van der Waals surface area contributed by atoms with Crippen molar-refractivity contribution in [3.05, 3.63) is 47.7 Å². The standard InChI is InChI=1S/C16H19NO3/c1-11-7-5-8-12(2)14(11)17(13-9-6-10-20-13)16(3,4)15(18)19/h5-10H,1-4H3,(H,18,19). The average molecular weight is 273 g/mol. The van der Waals surface area contributed by atoms with Crippen molar-refractivity contribution in [2.24, 2.45) is 0 Å². The molecule has 0 amide bonds. The van der Waals surface area contributed by atoms with E-state index in [1.807, 2.05) is 32.0 Å². The van der Waals surface area contributed by atoms with Crippen molar-refractivity contribution in [1.82, 2.24) is 0 Å². The van der Waals surface area contributed by atoms with Crippen LogP contribution in [-0.4, -0.2) is 16.6 Å². The fraction of sp³-hybridized carbons (Fsp3) is 0.312. The van der Waals surface area contributed by atoms with Crippen molar-refractivity contribution in [1.29, 1.82) is 0 Å². The highest BCUT2D eigenvalue weighted by molar-refractivity contribution is 5.87. The molecule has 0 aliphatic carbocycles. The summed E-state index contributed by atoms with van der Waals surface area (Å²) < 4.78 is 5.46. The van der Waals surface area contributed by atoms with E-state index in [9.17, 15) is 9.90 Å². The Hall–Kier alpha value is -2.23. The Morgan fingerprint density at radius 1 is 1.15 bits per heavy atom. The second kappa shape index (κ2) is 5.04. The Morgan fingerprint density at radius 3 is 2.20 bits per heavy atom. The maximum atomic E-state index is 11.7. The van der Waals surface area contributed by atoms with Crippen LogP contribution in [0.1, 0.15) is 25.0 Å². The van der Waals surface area contributed by atoms with E-state index in [4.69, 9.17) is 4.42 Å². The van der Waals surface area contributed by atoms with Crippen molar-refractivity contribution in [3.8, 4) is 0 Å². The zero-order valence-corrected chi connectivity index (χ0v) is 12.2. The van der Waals surface area contributed by atoms with E-state index in [2.05, 4.69) is 0 Å². The predicted octanol–water partition coefficient (Wildman–Crippen LogP) is 3.90. The second-order valence-electron chi connectivity index (χ2n) is 5.39. The van der Waals surface area contributed by atoms with Crippen LogP contribution in [0.5, 0.6) is 0 Å². The first-order valence-corrected chi connectivity index (χ1v) is 6.49. The molecule has 0 atom stereocenters. The molecule has 0 aliphatic rings. The summed E-state index contributed by atoms with van der Waals surface area (Å²) in [6, 6.07) is 9.43. The van der Waals surface area contributed by atoms with Crippen molar-refractivity contribution in [2.75, 3.05) is 4.90 Å². The summed E-state index contributed by atoms with van der Waals surface area (Å²) in [5.41, 5.74) is 1.77. The van der Waals surface area contributed by atoms with E-state index >= 15 is 0 Å². The summed E-state index contributed by atoms with van der Waals surface area (Å²) >= 11 is 0. The third-order valence-corrected chi connectivity index (χ3v) is 3.47. The van der Waals surface area contributed by atoms with Gasteiger partial charge in [-0.05, 0) is 44.9 Å². The van der Waals surface area contributed by atoms with E-state index in [1.54, 1.807) is 37.1 Å². The normalized spacial score (nSPS) is 11.4. The number of nitrogens with zero attached hydrogens (tertiary/aromatic N) is 1. The van der Waals surface area contributed by atoms with E-state index in [-0.39, 0.29) is 0 Å². The molecule has 1 aromatic heterocycles. The Labute approximate surface area is 118 Å². The fourth-order valence-corrected chi connectivity index (χ4v) is 2.32. The number of hydrogen-bond acceptors (Lipinski definition) is 3. The highest BCUT2D eigenvalue weighted by atomic mass is 16.4. The number of carboxylic acids is 1. The van der Waals surface area contributed by atoms with Gasteiger partial charge in [-0.15, -0.1) is 0 Å². The molecular weight excluding hydrogens is 254 g/mol. The molecule has 2 aromatic rings. The number of rotatable bonds is 4. The molecule has 0 saturated carbocycles. The van der Waals surface area contributed by atoms with Gasteiger partial charge in [0.2, 0.25) is 5.88 Å². The summed E-state index contributed by atoms with van der Waals surface area (Å²) in [6.07, 6.45) is 1.55. The summed E-state index contributed by atoms with van der Waals surface area (Å²) in [4.78, 5) is 13.4. The molecule has 1 N–H and O–H groups in total. The summed E-state index contributed by atoms with van der Waals surface area (Å²) in [5, 5.41) is 9.57. The molecule has 0 spiro atoms. The molecule has 2 rings (SSSR count). The number of benzene rings is 1. The first-order valence-electron chi connectivity index (χ1n) is 6.49. The van der Waals surface area contributed by atoms with Crippen LogP contribution in [0.3, 0.4) is 0 Å². The van der Waals surface area contributed by atoms with Crippen LogP contribution in [0.15, 0.2) is 41.0 Å². The van der Waals surface area contributed by atoms with Gasteiger partial charge in [0.25, 0.3) is 0 Å². The smallest absolute Gasteiger partial charge is 0.329 e. The molecule has 0 bridgehead atoms. The zero-order chi connectivity index (χ0) is 14.9. The number of carbonyl (C=O) groups is 1. The summed E-state index contributed by atoms with van der Waals surface area (Å²) in [5.74, 6) is -0.383. The van der Waals surface area contributed by atoms with Gasteiger partial charge in [0.05, 0.1) is 12.0 Å². The van der Waals surface area contributed by atoms with Crippen molar-refractivity contribution < 1.29 is 14.3 Å². The minimum atomic E-state index is -1.12. The number of hydrogen-bond donors (Lipinski definition) is 1. The lowest BCUT2D eigenvalue weighted by molar-refractivity contribution is -0.141. The van der Waals surface area contributed by atoms with Crippen LogP contribution in [-0.2, 0) is 4.79 Å². The van der Waals surface area contributed by atoms with E-state index in [0.29, 0.717) is 5.88 Å². The minimum Gasteiger partial charge on any atom is -0.480 e. The van der Waals surface area contributed by atoms with Crippen LogP contribution in [0.4, 0.5) is 11.6 Å². The molecule has 1 aromatic carbocycles. The molecule has 1 heterocycles. The molecule has 0 unspecified atom stereocenters. The SMILES string of the molecule is Cc1cccc(C)c1N(c1ccco1)C(C)(C)C(=O)O. The van der Waals surface area contributed by atoms with Gasteiger partial charge >= 0.3 is 5.97 Å². The second-order valence-corrected chi connectivity index (χ2v) is 5.39. The summed E-state index contributed by atoms with van der Waals surface area (Å²) in [7, 11) is 0. The Balaban J connectivity index is 2.68. The molecule has 4 heteroatoms. The Morgan fingerprint density at radius 2 is 1.75 bits per heavy atom. The van der Waals surface area contributed by atoms with Gasteiger partial charge in [0.1, 0.15) is 5.54 Å². The van der Waals surface area contributed by atoms with Crippen LogP contribution in [0.2, 0.25) is 0 Å². The maximum Gasteiger partial charge on any atom is 0.329 e. The number of para-hydroxylation sites is 1. The highest BCUT2D eigenvalue weighted by Crippen LogP contribution is 2.37. The predicted molar refractivity (Wildman–Crippen MR) is 78.5 cm³/mol. The molecule has 0 radical (unpaired) electrons. The van der Waals surface area contributed by atoms with Gasteiger partial charge in [-0.2, -0.15) is 0 Å². The van der Waals surface area contributed by atoms with Gasteiger partial charge < -0.3 is 9.52 Å². The maximum absolute atomic E-state index is 11.7. The largest absolute Gasteiger partial charge is 0.480 e. The van der Waals surface area contributed by atoms with E-state index < -0.39 is 11.5 Å². The third kappa shape index (κ3) is 2.29.